The Labute approximate surface area is 174 Å². The van der Waals surface area contributed by atoms with Crippen LogP contribution in [0.4, 0.5) is 11.4 Å². The molecule has 0 aliphatic heterocycles. The van der Waals surface area contributed by atoms with Gasteiger partial charge in [0.15, 0.2) is 0 Å². The molecule has 4 aromatic rings. The van der Waals surface area contributed by atoms with Crippen molar-refractivity contribution in [3.8, 4) is 16.8 Å². The fourth-order valence-corrected chi connectivity index (χ4v) is 3.82. The normalized spacial score (nSPS) is 11.4. The number of amides is 1. The van der Waals surface area contributed by atoms with Crippen molar-refractivity contribution in [1.29, 1.82) is 0 Å². The van der Waals surface area contributed by atoms with E-state index in [0.29, 0.717) is 5.69 Å². The van der Waals surface area contributed by atoms with Crippen LogP contribution in [0.2, 0.25) is 0 Å². The molecule has 0 unspecified atom stereocenters. The quantitative estimate of drug-likeness (QED) is 0.510. The highest BCUT2D eigenvalue weighted by Crippen LogP contribution is 2.27. The van der Waals surface area contributed by atoms with Crippen LogP contribution >= 0.6 is 0 Å². The molecule has 0 spiro atoms. The first-order valence-electron chi connectivity index (χ1n) is 9.22. The highest BCUT2D eigenvalue weighted by atomic mass is 32.2. The number of aromatic nitrogens is 2. The van der Waals surface area contributed by atoms with E-state index in [1.165, 1.54) is 6.92 Å². The molecule has 1 amide bonds. The molecule has 2 N–H and O–H groups in total. The number of hydrogen-bond acceptors (Lipinski definition) is 4. The zero-order chi connectivity index (χ0) is 21.3. The first-order valence-corrected chi connectivity index (χ1v) is 11.1. The third-order valence-electron chi connectivity index (χ3n) is 4.53. The number of nitrogens with one attached hydrogen (secondary N) is 2. The number of sulfonamides is 1. The van der Waals surface area contributed by atoms with Crippen molar-refractivity contribution in [3.05, 3.63) is 73.1 Å². The van der Waals surface area contributed by atoms with Crippen molar-refractivity contribution in [2.75, 3.05) is 16.3 Å². The van der Waals surface area contributed by atoms with Gasteiger partial charge in [-0.25, -0.2) is 13.4 Å². The topological polar surface area (TPSA) is 93.1 Å². The van der Waals surface area contributed by atoms with Gasteiger partial charge in [0.2, 0.25) is 15.9 Å². The average molecular weight is 420 g/mol. The van der Waals surface area contributed by atoms with Gasteiger partial charge in [-0.3, -0.25) is 14.1 Å². The summed E-state index contributed by atoms with van der Waals surface area (Å²) in [6.07, 6.45) is 2.89. The van der Waals surface area contributed by atoms with Crippen molar-refractivity contribution in [1.82, 2.24) is 9.55 Å². The summed E-state index contributed by atoms with van der Waals surface area (Å²) in [5, 5.41) is 2.75. The van der Waals surface area contributed by atoms with Crippen molar-refractivity contribution < 1.29 is 13.2 Å². The monoisotopic (exact) mass is 420 g/mol. The minimum Gasteiger partial charge on any atom is -0.326 e. The smallest absolute Gasteiger partial charge is 0.229 e. The Balaban J connectivity index is 1.61. The number of fused-ring (bicyclic) bond motifs is 1. The number of imidazole rings is 1. The Bertz CT molecular complexity index is 1330. The molecule has 8 heteroatoms. The van der Waals surface area contributed by atoms with Gasteiger partial charge in [-0.2, -0.15) is 0 Å². The zero-order valence-corrected chi connectivity index (χ0v) is 17.3. The van der Waals surface area contributed by atoms with Crippen LogP contribution in [0.3, 0.4) is 0 Å². The Kier molecular flexibility index (Phi) is 5.01. The molecule has 30 heavy (non-hydrogen) atoms. The summed E-state index contributed by atoms with van der Waals surface area (Å²) in [5.74, 6) is -0.108. The van der Waals surface area contributed by atoms with Crippen molar-refractivity contribution in [2.24, 2.45) is 0 Å². The van der Waals surface area contributed by atoms with Gasteiger partial charge in [-0.1, -0.05) is 18.2 Å². The van der Waals surface area contributed by atoms with Crippen LogP contribution in [0.15, 0.2) is 73.1 Å². The van der Waals surface area contributed by atoms with Crippen molar-refractivity contribution >= 4 is 38.3 Å². The number of hydrogen-bond donors (Lipinski definition) is 2. The summed E-state index contributed by atoms with van der Waals surface area (Å²) in [5.41, 5.74) is 5.96. The number of rotatable bonds is 5. The number of carbonyl (C=O) groups excluding carboxylic acids is 1. The highest BCUT2D eigenvalue weighted by molar-refractivity contribution is 7.92. The van der Waals surface area contributed by atoms with E-state index < -0.39 is 10.0 Å². The van der Waals surface area contributed by atoms with Crippen LogP contribution in [0.1, 0.15) is 6.92 Å². The third-order valence-corrected chi connectivity index (χ3v) is 5.14. The summed E-state index contributed by atoms with van der Waals surface area (Å²) >= 11 is 0. The molecule has 152 valence electrons. The van der Waals surface area contributed by atoms with Crippen LogP contribution < -0.4 is 10.0 Å². The van der Waals surface area contributed by atoms with Crippen LogP contribution in [0.5, 0.6) is 0 Å². The fraction of sp³-hybridized carbons (Fsp3) is 0.0909. The van der Waals surface area contributed by atoms with Gasteiger partial charge in [0.1, 0.15) is 6.33 Å². The molecule has 0 aliphatic carbocycles. The summed E-state index contributed by atoms with van der Waals surface area (Å²) in [7, 11) is -3.30. The Morgan fingerprint density at radius 2 is 1.53 bits per heavy atom. The second kappa shape index (κ2) is 7.64. The lowest BCUT2D eigenvalue weighted by Crippen LogP contribution is -2.09. The second-order valence-electron chi connectivity index (χ2n) is 7.00. The molecule has 4 rings (SSSR count). The minimum absolute atomic E-state index is 0.108. The van der Waals surface area contributed by atoms with Crippen LogP contribution in [0.25, 0.3) is 27.8 Å². The van der Waals surface area contributed by atoms with E-state index in [9.17, 15) is 13.2 Å². The predicted octanol–water partition coefficient (Wildman–Crippen LogP) is 4.02. The molecule has 0 bridgehead atoms. The highest BCUT2D eigenvalue weighted by Gasteiger charge is 2.08. The maximum Gasteiger partial charge on any atom is 0.229 e. The third kappa shape index (κ3) is 4.33. The van der Waals surface area contributed by atoms with E-state index in [1.807, 2.05) is 59.2 Å². The Morgan fingerprint density at radius 3 is 2.17 bits per heavy atom. The van der Waals surface area contributed by atoms with E-state index >= 15 is 0 Å². The predicted molar refractivity (Wildman–Crippen MR) is 119 cm³/mol. The van der Waals surface area contributed by atoms with Crippen molar-refractivity contribution in [3.63, 3.8) is 0 Å². The second-order valence-corrected chi connectivity index (χ2v) is 8.75. The summed E-state index contributed by atoms with van der Waals surface area (Å²) < 4.78 is 27.1. The minimum atomic E-state index is -3.30. The molecule has 1 aromatic heterocycles. The molecular weight excluding hydrogens is 400 g/mol. The number of carbonyl (C=O) groups is 1. The van der Waals surface area contributed by atoms with Gasteiger partial charge < -0.3 is 5.32 Å². The number of benzene rings is 3. The summed E-state index contributed by atoms with van der Waals surface area (Å²) in [6, 6.07) is 20.8. The van der Waals surface area contributed by atoms with Gasteiger partial charge in [0.05, 0.1) is 17.3 Å². The lowest BCUT2D eigenvalue weighted by atomic mass is 10.0. The first kappa shape index (κ1) is 19.7. The molecule has 0 radical (unpaired) electrons. The molecule has 0 saturated carbocycles. The Hall–Kier alpha value is -3.65. The number of nitrogens with zero attached hydrogens (tertiary/aromatic N) is 2. The molecule has 0 saturated heterocycles. The van der Waals surface area contributed by atoms with Gasteiger partial charge in [0.25, 0.3) is 0 Å². The van der Waals surface area contributed by atoms with Gasteiger partial charge in [-0.15, -0.1) is 0 Å². The molecule has 1 heterocycles. The van der Waals surface area contributed by atoms with Crippen LogP contribution in [0, 0.1) is 0 Å². The maximum atomic E-state index is 11.3. The average Bonchev–Trinajstić information content (AvgIpc) is 3.11. The number of anilines is 2. The Morgan fingerprint density at radius 1 is 0.900 bits per heavy atom. The zero-order valence-electron chi connectivity index (χ0n) is 16.5. The molecule has 0 atom stereocenters. The molecule has 0 fully saturated rings. The van der Waals surface area contributed by atoms with E-state index in [-0.39, 0.29) is 5.91 Å². The molecule has 3 aromatic carbocycles. The maximum absolute atomic E-state index is 11.3. The van der Waals surface area contributed by atoms with Gasteiger partial charge >= 0.3 is 0 Å². The van der Waals surface area contributed by atoms with E-state index in [0.717, 1.165) is 39.8 Å². The van der Waals surface area contributed by atoms with Crippen LogP contribution in [-0.2, 0) is 14.8 Å². The standard InChI is InChI=1S/C22H20N4O3S/c1-15(27)24-18-8-10-20(11-9-18)26-14-23-21-13-17(5-12-22(21)26)16-3-6-19(7-4-16)25-30(2,28)29/h3-14,25H,1-2H3,(H,24,27). The fourth-order valence-electron chi connectivity index (χ4n) is 3.25. The van der Waals surface area contributed by atoms with E-state index in [1.54, 1.807) is 18.5 Å². The van der Waals surface area contributed by atoms with Crippen LogP contribution in [-0.4, -0.2) is 30.1 Å². The van der Waals surface area contributed by atoms with Gasteiger partial charge in [0, 0.05) is 24.0 Å². The molecule has 7 nitrogen and oxygen atoms in total. The lowest BCUT2D eigenvalue weighted by Gasteiger charge is -2.08. The first-order chi connectivity index (χ1) is 14.3. The van der Waals surface area contributed by atoms with Gasteiger partial charge in [-0.05, 0) is 59.7 Å². The SMILES string of the molecule is CC(=O)Nc1ccc(-n2cnc3cc(-c4ccc(NS(C)(=O)=O)cc4)ccc32)cc1. The summed E-state index contributed by atoms with van der Waals surface area (Å²) in [4.78, 5) is 15.7. The molecule has 0 aliphatic rings. The largest absolute Gasteiger partial charge is 0.326 e. The molecular formula is C22H20N4O3S. The van der Waals surface area contributed by atoms with E-state index in [2.05, 4.69) is 15.0 Å². The summed E-state index contributed by atoms with van der Waals surface area (Å²) in [6.45, 7) is 1.48. The van der Waals surface area contributed by atoms with Crippen molar-refractivity contribution in [2.45, 2.75) is 6.92 Å². The van der Waals surface area contributed by atoms with E-state index in [4.69, 9.17) is 0 Å². The lowest BCUT2D eigenvalue weighted by molar-refractivity contribution is -0.114.